The minimum absolute atomic E-state index is 0.236. The molecule has 2 aromatic carbocycles. The summed E-state index contributed by atoms with van der Waals surface area (Å²) in [6.45, 7) is 0. The van der Waals surface area contributed by atoms with Crippen LogP contribution >= 0.6 is 0 Å². The van der Waals surface area contributed by atoms with Gasteiger partial charge in [0, 0.05) is 6.07 Å². The number of hydrogen-bond acceptors (Lipinski definition) is 5. The third-order valence-electron chi connectivity index (χ3n) is 3.53. The molecule has 0 aliphatic rings. The molecule has 0 atom stereocenters. The molecule has 31 heavy (non-hydrogen) atoms. The first-order valence-corrected chi connectivity index (χ1v) is 9.65. The lowest BCUT2D eigenvalue weighted by atomic mass is 10.1. The largest absolute Gasteiger partial charge is 0.439 e. The number of hydrogen-bond donors (Lipinski definition) is 2. The van der Waals surface area contributed by atoms with Crippen LogP contribution in [0.3, 0.4) is 0 Å². The van der Waals surface area contributed by atoms with Crippen molar-refractivity contribution in [2.75, 3.05) is 0 Å². The van der Waals surface area contributed by atoms with Crippen molar-refractivity contribution in [3.63, 3.8) is 0 Å². The Morgan fingerprint density at radius 1 is 1.03 bits per heavy atom. The number of para-hydroxylation sites is 1. The molecular formula is C19H14F4N2O5S. The van der Waals surface area contributed by atoms with Gasteiger partial charge >= 0.3 is 6.18 Å². The molecule has 1 heterocycles. The monoisotopic (exact) mass is 458 g/mol. The van der Waals surface area contributed by atoms with Crippen LogP contribution in [0.5, 0.6) is 11.6 Å². The van der Waals surface area contributed by atoms with Crippen LogP contribution in [0.15, 0.2) is 71.8 Å². The molecule has 0 saturated carbocycles. The van der Waals surface area contributed by atoms with Gasteiger partial charge in [-0.3, -0.25) is 9.35 Å². The lowest BCUT2D eigenvalue weighted by Gasteiger charge is -2.09. The van der Waals surface area contributed by atoms with Crippen molar-refractivity contribution >= 4 is 16.0 Å². The van der Waals surface area contributed by atoms with Crippen LogP contribution in [-0.4, -0.2) is 23.9 Å². The van der Waals surface area contributed by atoms with Gasteiger partial charge in [0.1, 0.15) is 16.5 Å². The summed E-state index contributed by atoms with van der Waals surface area (Å²) in [6, 6.07) is 13.2. The van der Waals surface area contributed by atoms with E-state index in [9.17, 15) is 30.8 Å². The van der Waals surface area contributed by atoms with Crippen molar-refractivity contribution in [2.24, 2.45) is 5.73 Å². The Hall–Kier alpha value is -3.51. The van der Waals surface area contributed by atoms with Crippen LogP contribution < -0.4 is 10.5 Å². The maximum atomic E-state index is 12.5. The van der Waals surface area contributed by atoms with Gasteiger partial charge in [-0.1, -0.05) is 18.2 Å². The van der Waals surface area contributed by atoms with Gasteiger partial charge < -0.3 is 10.5 Å². The fraction of sp³-hybridized carbons (Fsp3) is 0.0526. The normalized spacial score (nSPS) is 11.3. The number of benzene rings is 2. The van der Waals surface area contributed by atoms with Gasteiger partial charge in [-0.15, -0.1) is 0 Å². The lowest BCUT2D eigenvalue weighted by molar-refractivity contribution is -0.138. The summed E-state index contributed by atoms with van der Waals surface area (Å²) >= 11 is 0. The zero-order valence-corrected chi connectivity index (χ0v) is 16.2. The predicted octanol–water partition coefficient (Wildman–Crippen LogP) is 4.06. The highest BCUT2D eigenvalue weighted by atomic mass is 32.2. The van der Waals surface area contributed by atoms with Crippen molar-refractivity contribution in [1.29, 1.82) is 0 Å². The topological polar surface area (TPSA) is 120 Å². The minimum atomic E-state index is -4.79. The number of amides is 1. The minimum Gasteiger partial charge on any atom is -0.439 e. The summed E-state index contributed by atoms with van der Waals surface area (Å²) < 4.78 is 84.8. The standard InChI is InChI=1S/C11H9NO4S.C8H5F4NO/c13-17(14,15)10-6-7-11(12-8-10)16-9-4-2-1-3-5-9;9-4-1-2-5(7(13)14)6(3-4)8(10,11)12/h1-8H,(H,13,14,15);1-3H,(H2,13,14). The average molecular weight is 458 g/mol. The van der Waals surface area contributed by atoms with E-state index < -0.39 is 39.1 Å². The number of nitrogens with zero attached hydrogens (tertiary/aromatic N) is 1. The number of ether oxygens (including phenoxy) is 1. The van der Waals surface area contributed by atoms with Gasteiger partial charge in [-0.2, -0.15) is 21.6 Å². The van der Waals surface area contributed by atoms with Gasteiger partial charge in [0.2, 0.25) is 11.8 Å². The summed E-state index contributed by atoms with van der Waals surface area (Å²) in [5.74, 6) is -1.46. The van der Waals surface area contributed by atoms with Crippen LogP contribution in [0.1, 0.15) is 15.9 Å². The second kappa shape index (κ2) is 9.53. The average Bonchev–Trinajstić information content (AvgIpc) is 2.68. The van der Waals surface area contributed by atoms with Crippen molar-refractivity contribution in [1.82, 2.24) is 4.98 Å². The lowest BCUT2D eigenvalue weighted by Crippen LogP contribution is -2.18. The first-order chi connectivity index (χ1) is 14.4. The number of alkyl halides is 3. The molecule has 0 bridgehead atoms. The van der Waals surface area contributed by atoms with E-state index in [1.807, 2.05) is 18.2 Å². The third kappa shape index (κ3) is 7.04. The van der Waals surface area contributed by atoms with Crippen molar-refractivity contribution < 1.29 is 40.1 Å². The third-order valence-corrected chi connectivity index (χ3v) is 4.36. The van der Waals surface area contributed by atoms with E-state index in [1.54, 1.807) is 12.1 Å². The maximum absolute atomic E-state index is 12.5. The molecule has 0 unspecified atom stereocenters. The second-order valence-electron chi connectivity index (χ2n) is 5.77. The zero-order chi connectivity index (χ0) is 23.2. The number of nitrogens with two attached hydrogens (primary N) is 1. The van der Waals surface area contributed by atoms with Crippen LogP contribution in [0.2, 0.25) is 0 Å². The molecule has 7 nitrogen and oxygen atoms in total. The second-order valence-corrected chi connectivity index (χ2v) is 7.20. The van der Waals surface area contributed by atoms with Crippen LogP contribution in [0.25, 0.3) is 0 Å². The highest BCUT2D eigenvalue weighted by Crippen LogP contribution is 2.32. The Labute approximate surface area is 173 Å². The smallest absolute Gasteiger partial charge is 0.417 e. The SMILES string of the molecule is NC(=O)c1ccc(F)cc1C(F)(F)F.O=S(=O)(O)c1ccc(Oc2ccccc2)nc1. The fourth-order valence-electron chi connectivity index (χ4n) is 2.15. The first kappa shape index (κ1) is 23.8. The summed E-state index contributed by atoms with van der Waals surface area (Å²) in [6.07, 6.45) is -3.75. The van der Waals surface area contributed by atoms with E-state index in [-0.39, 0.29) is 16.8 Å². The van der Waals surface area contributed by atoms with E-state index in [4.69, 9.17) is 15.0 Å². The van der Waals surface area contributed by atoms with Crippen molar-refractivity contribution in [3.05, 3.63) is 83.8 Å². The first-order valence-electron chi connectivity index (χ1n) is 8.21. The van der Waals surface area contributed by atoms with Crippen LogP contribution in [0.4, 0.5) is 17.6 Å². The maximum Gasteiger partial charge on any atom is 0.417 e. The molecule has 12 heteroatoms. The molecule has 1 aromatic heterocycles. The molecule has 0 saturated heterocycles. The highest BCUT2D eigenvalue weighted by Gasteiger charge is 2.35. The van der Waals surface area contributed by atoms with E-state index in [0.717, 1.165) is 12.3 Å². The predicted molar refractivity (Wildman–Crippen MR) is 100 cm³/mol. The van der Waals surface area contributed by atoms with E-state index in [0.29, 0.717) is 11.8 Å². The van der Waals surface area contributed by atoms with Crippen LogP contribution in [-0.2, 0) is 16.3 Å². The Morgan fingerprint density at radius 2 is 1.68 bits per heavy atom. The highest BCUT2D eigenvalue weighted by molar-refractivity contribution is 7.85. The molecule has 3 N–H and O–H groups in total. The zero-order valence-electron chi connectivity index (χ0n) is 15.4. The van der Waals surface area contributed by atoms with E-state index in [2.05, 4.69) is 4.98 Å². The van der Waals surface area contributed by atoms with Crippen LogP contribution in [0, 0.1) is 5.82 Å². The summed E-state index contributed by atoms with van der Waals surface area (Å²) in [5, 5.41) is 0. The quantitative estimate of drug-likeness (QED) is 0.449. The van der Waals surface area contributed by atoms with Gasteiger partial charge in [0.05, 0.1) is 17.3 Å². The number of rotatable bonds is 4. The number of carbonyl (C=O) groups is 1. The molecule has 0 fully saturated rings. The molecular weight excluding hydrogens is 444 g/mol. The number of aromatic nitrogens is 1. The van der Waals surface area contributed by atoms with Crippen molar-refractivity contribution in [3.8, 4) is 11.6 Å². The molecule has 3 aromatic rings. The molecule has 0 radical (unpaired) electrons. The summed E-state index contributed by atoms with van der Waals surface area (Å²) in [4.78, 5) is 14.1. The van der Waals surface area contributed by atoms with Gasteiger partial charge in [0.15, 0.2) is 0 Å². The van der Waals surface area contributed by atoms with Crippen molar-refractivity contribution in [2.45, 2.75) is 11.1 Å². The van der Waals surface area contributed by atoms with E-state index >= 15 is 0 Å². The van der Waals surface area contributed by atoms with E-state index in [1.165, 1.54) is 12.1 Å². The molecule has 0 spiro atoms. The molecule has 164 valence electrons. The van der Waals surface area contributed by atoms with Gasteiger partial charge in [0.25, 0.3) is 10.1 Å². The fourth-order valence-corrected chi connectivity index (χ4v) is 2.58. The summed E-state index contributed by atoms with van der Waals surface area (Å²) in [7, 11) is -4.21. The molecule has 0 aliphatic heterocycles. The molecule has 0 aliphatic carbocycles. The van der Waals surface area contributed by atoms with Gasteiger partial charge in [-0.05, 0) is 36.4 Å². The number of carbonyl (C=O) groups excluding carboxylic acids is 1. The Balaban J connectivity index is 0.000000225. The Kier molecular flexibility index (Phi) is 7.31. The van der Waals surface area contributed by atoms with Gasteiger partial charge in [-0.25, -0.2) is 9.37 Å². The molecule has 1 amide bonds. The Morgan fingerprint density at radius 3 is 2.16 bits per heavy atom. The number of pyridine rings is 1. The summed E-state index contributed by atoms with van der Waals surface area (Å²) in [5.41, 5.74) is 2.61. The molecule has 3 rings (SSSR count). The number of primary amides is 1. The number of halogens is 4. The Bertz CT molecular complexity index is 1150.